The van der Waals surface area contributed by atoms with Gasteiger partial charge in [-0.05, 0) is 76.5 Å². The van der Waals surface area contributed by atoms with E-state index in [4.69, 9.17) is 37.4 Å². The molecule has 0 saturated heterocycles. The van der Waals surface area contributed by atoms with Crippen molar-refractivity contribution in [1.82, 2.24) is 0 Å². The molecule has 0 spiro atoms. The van der Waals surface area contributed by atoms with E-state index in [0.29, 0.717) is 33.2 Å². The molecular formula is C25H17BrCl2N2O6. The summed E-state index contributed by atoms with van der Waals surface area (Å²) in [5.41, 5.74) is 1.44. The van der Waals surface area contributed by atoms with E-state index in [1.807, 2.05) is 25.1 Å². The van der Waals surface area contributed by atoms with Crippen LogP contribution in [0.4, 0.5) is 5.69 Å². The number of carbonyl (C=O) groups excluding carboxylic acids is 1. The van der Waals surface area contributed by atoms with Crippen molar-refractivity contribution >= 4 is 62.8 Å². The predicted molar refractivity (Wildman–Crippen MR) is 140 cm³/mol. The Morgan fingerprint density at radius 1 is 1.14 bits per heavy atom. The van der Waals surface area contributed by atoms with Gasteiger partial charge < -0.3 is 14.2 Å². The number of halogens is 3. The SMILES string of the molecule is CCOc1cc(/C=C2/N=C(c3ccc(Cl)c([N+](=O)[O-])c3)OC2=O)cc(Br)c1OCc1cccc(Cl)c1. The number of esters is 1. The van der Waals surface area contributed by atoms with Crippen molar-refractivity contribution in [2.75, 3.05) is 6.61 Å². The topological polar surface area (TPSA) is 100 Å². The van der Waals surface area contributed by atoms with Gasteiger partial charge in [-0.3, -0.25) is 10.1 Å². The molecular weight excluding hydrogens is 575 g/mol. The summed E-state index contributed by atoms with van der Waals surface area (Å²) in [6.07, 6.45) is 1.52. The van der Waals surface area contributed by atoms with Crippen molar-refractivity contribution < 1.29 is 23.9 Å². The van der Waals surface area contributed by atoms with Crippen LogP contribution in [0.1, 0.15) is 23.6 Å². The molecule has 184 valence electrons. The van der Waals surface area contributed by atoms with Gasteiger partial charge in [-0.25, -0.2) is 9.79 Å². The number of benzene rings is 3. The summed E-state index contributed by atoms with van der Waals surface area (Å²) in [5, 5.41) is 11.8. The van der Waals surface area contributed by atoms with Gasteiger partial charge in [0.15, 0.2) is 17.2 Å². The number of nitrogens with zero attached hydrogens (tertiary/aromatic N) is 2. The molecule has 0 unspecified atom stereocenters. The second-order valence-corrected chi connectivity index (χ2v) is 9.14. The Balaban J connectivity index is 1.63. The van der Waals surface area contributed by atoms with E-state index in [-0.39, 0.29) is 34.5 Å². The van der Waals surface area contributed by atoms with Crippen LogP contribution in [0.5, 0.6) is 11.5 Å². The number of hydrogen-bond donors (Lipinski definition) is 0. The molecule has 0 aromatic heterocycles. The first kappa shape index (κ1) is 25.7. The largest absolute Gasteiger partial charge is 0.490 e. The van der Waals surface area contributed by atoms with Gasteiger partial charge >= 0.3 is 5.97 Å². The summed E-state index contributed by atoms with van der Waals surface area (Å²) in [7, 11) is 0. The van der Waals surface area contributed by atoms with Crippen LogP contribution in [0.25, 0.3) is 6.08 Å². The van der Waals surface area contributed by atoms with Crippen molar-refractivity contribution in [2.45, 2.75) is 13.5 Å². The van der Waals surface area contributed by atoms with E-state index in [0.717, 1.165) is 5.56 Å². The number of nitro groups is 1. The van der Waals surface area contributed by atoms with Crippen molar-refractivity contribution in [1.29, 1.82) is 0 Å². The van der Waals surface area contributed by atoms with Crippen molar-refractivity contribution in [3.8, 4) is 11.5 Å². The molecule has 11 heteroatoms. The second kappa shape index (κ2) is 11.1. The number of carbonyl (C=O) groups is 1. The Hall–Kier alpha value is -3.40. The molecule has 3 aromatic rings. The van der Waals surface area contributed by atoms with Gasteiger partial charge in [0.05, 0.1) is 16.0 Å². The summed E-state index contributed by atoms with van der Waals surface area (Å²) in [6, 6.07) is 14.8. The highest BCUT2D eigenvalue weighted by Gasteiger charge is 2.26. The Morgan fingerprint density at radius 3 is 2.67 bits per heavy atom. The van der Waals surface area contributed by atoms with Gasteiger partial charge in [0.1, 0.15) is 11.6 Å². The number of nitro benzene ring substituents is 1. The second-order valence-electron chi connectivity index (χ2n) is 7.44. The molecule has 0 N–H and O–H groups in total. The number of rotatable bonds is 8. The minimum Gasteiger partial charge on any atom is -0.490 e. The summed E-state index contributed by atoms with van der Waals surface area (Å²) in [4.78, 5) is 27.2. The Kier molecular flexibility index (Phi) is 7.93. The van der Waals surface area contributed by atoms with Gasteiger partial charge in [-0.2, -0.15) is 0 Å². The third-order valence-corrected chi connectivity index (χ3v) is 6.06. The van der Waals surface area contributed by atoms with E-state index in [1.54, 1.807) is 18.2 Å². The fourth-order valence-electron chi connectivity index (χ4n) is 3.33. The first-order valence-electron chi connectivity index (χ1n) is 10.6. The Morgan fingerprint density at radius 2 is 1.94 bits per heavy atom. The zero-order valence-electron chi connectivity index (χ0n) is 18.7. The van der Waals surface area contributed by atoms with Crippen LogP contribution in [-0.4, -0.2) is 23.4 Å². The monoisotopic (exact) mass is 590 g/mol. The maximum atomic E-state index is 12.5. The Labute approximate surface area is 224 Å². The molecule has 8 nitrogen and oxygen atoms in total. The van der Waals surface area contributed by atoms with Crippen LogP contribution in [0.3, 0.4) is 0 Å². The number of aliphatic imine (C=N–C) groups is 1. The lowest BCUT2D eigenvalue weighted by Gasteiger charge is -2.15. The van der Waals surface area contributed by atoms with Crippen LogP contribution in [0.15, 0.2) is 69.8 Å². The highest BCUT2D eigenvalue weighted by molar-refractivity contribution is 9.10. The summed E-state index contributed by atoms with van der Waals surface area (Å²) in [6.45, 7) is 2.50. The lowest BCUT2D eigenvalue weighted by molar-refractivity contribution is -0.384. The third kappa shape index (κ3) is 5.87. The average Bonchev–Trinajstić information content (AvgIpc) is 3.19. The van der Waals surface area contributed by atoms with Crippen LogP contribution >= 0.6 is 39.1 Å². The van der Waals surface area contributed by atoms with E-state index >= 15 is 0 Å². The number of cyclic esters (lactones) is 1. The molecule has 0 bridgehead atoms. The van der Waals surface area contributed by atoms with Gasteiger partial charge in [-0.1, -0.05) is 35.3 Å². The lowest BCUT2D eigenvalue weighted by atomic mass is 10.1. The van der Waals surface area contributed by atoms with Gasteiger partial charge in [0.25, 0.3) is 5.69 Å². The molecule has 0 atom stereocenters. The minimum absolute atomic E-state index is 0.0181. The maximum absolute atomic E-state index is 12.5. The summed E-state index contributed by atoms with van der Waals surface area (Å²) >= 11 is 15.4. The molecule has 0 aliphatic carbocycles. The van der Waals surface area contributed by atoms with Gasteiger partial charge in [0, 0.05) is 16.7 Å². The van der Waals surface area contributed by atoms with Crippen LogP contribution in [-0.2, 0) is 16.1 Å². The number of ether oxygens (including phenoxy) is 3. The minimum atomic E-state index is -0.696. The highest BCUT2D eigenvalue weighted by Crippen LogP contribution is 2.38. The molecule has 1 aliphatic rings. The third-order valence-electron chi connectivity index (χ3n) is 4.92. The zero-order valence-corrected chi connectivity index (χ0v) is 21.8. The summed E-state index contributed by atoms with van der Waals surface area (Å²) < 4.78 is 17.6. The maximum Gasteiger partial charge on any atom is 0.363 e. The van der Waals surface area contributed by atoms with Crippen LogP contribution in [0.2, 0.25) is 10.0 Å². The molecule has 0 amide bonds. The quantitative estimate of drug-likeness (QED) is 0.121. The van der Waals surface area contributed by atoms with Gasteiger partial charge in [-0.15, -0.1) is 0 Å². The Bertz CT molecular complexity index is 1420. The molecule has 0 radical (unpaired) electrons. The fraction of sp³-hybridized carbons (Fsp3) is 0.120. The molecule has 1 aliphatic heterocycles. The van der Waals surface area contributed by atoms with E-state index in [2.05, 4.69) is 20.9 Å². The van der Waals surface area contributed by atoms with Crippen molar-refractivity contribution in [3.63, 3.8) is 0 Å². The lowest BCUT2D eigenvalue weighted by Crippen LogP contribution is -2.06. The fourth-order valence-corrected chi connectivity index (χ4v) is 4.31. The first-order chi connectivity index (χ1) is 17.2. The normalized spacial score (nSPS) is 13.9. The van der Waals surface area contributed by atoms with Crippen LogP contribution in [0, 0.1) is 10.1 Å². The molecule has 3 aromatic carbocycles. The molecule has 36 heavy (non-hydrogen) atoms. The first-order valence-corrected chi connectivity index (χ1v) is 12.1. The average molecular weight is 592 g/mol. The molecule has 1 heterocycles. The number of hydrogen-bond acceptors (Lipinski definition) is 7. The molecule has 0 saturated carbocycles. The zero-order chi connectivity index (χ0) is 25.8. The van der Waals surface area contributed by atoms with E-state index in [9.17, 15) is 14.9 Å². The molecule has 0 fully saturated rings. The highest BCUT2D eigenvalue weighted by atomic mass is 79.9. The van der Waals surface area contributed by atoms with Crippen LogP contribution < -0.4 is 9.47 Å². The van der Waals surface area contributed by atoms with E-state index in [1.165, 1.54) is 24.3 Å². The smallest absolute Gasteiger partial charge is 0.363 e. The molecule has 4 rings (SSSR count). The van der Waals surface area contributed by atoms with Crippen molar-refractivity contribution in [3.05, 3.63) is 102 Å². The predicted octanol–water partition coefficient (Wildman–Crippen LogP) is 6.99. The van der Waals surface area contributed by atoms with Gasteiger partial charge in [0.2, 0.25) is 5.90 Å². The van der Waals surface area contributed by atoms with Crippen molar-refractivity contribution in [2.24, 2.45) is 4.99 Å². The van der Waals surface area contributed by atoms with E-state index < -0.39 is 10.9 Å². The standard InChI is InChI=1S/C25H17BrCl2N2O6/c1-2-34-22-11-15(9-18(26)23(22)35-13-14-4-3-5-17(27)8-14)10-20-25(31)36-24(29-20)16-6-7-19(28)21(12-16)30(32)33/h3-12H,2,13H2,1H3/b20-10+. The summed E-state index contributed by atoms with van der Waals surface area (Å²) in [5.74, 6) is 0.199.